The summed E-state index contributed by atoms with van der Waals surface area (Å²) in [5, 5.41) is 0. The van der Waals surface area contributed by atoms with E-state index in [2.05, 4.69) is 9.80 Å². The van der Waals surface area contributed by atoms with Gasteiger partial charge in [-0.1, -0.05) is 6.07 Å². The number of ether oxygens (including phenoxy) is 1. The summed E-state index contributed by atoms with van der Waals surface area (Å²) in [6, 6.07) is 4.94. The molecule has 2 heterocycles. The predicted molar refractivity (Wildman–Crippen MR) is 90.3 cm³/mol. The van der Waals surface area contributed by atoms with Crippen LogP contribution >= 0.6 is 0 Å². The summed E-state index contributed by atoms with van der Waals surface area (Å²) in [6.07, 6.45) is 0. The molecule has 0 aliphatic carbocycles. The van der Waals surface area contributed by atoms with E-state index in [0.717, 1.165) is 56.9 Å². The van der Waals surface area contributed by atoms with Crippen molar-refractivity contribution in [3.05, 3.63) is 35.1 Å². The summed E-state index contributed by atoms with van der Waals surface area (Å²) in [4.78, 5) is 18.8. The number of nitrogens with zero attached hydrogens (tertiary/aromatic N) is 3. The molecule has 0 N–H and O–H groups in total. The number of hydrogen-bond donors (Lipinski definition) is 0. The maximum Gasteiger partial charge on any atom is 0.236 e. The molecule has 2 fully saturated rings. The standard InChI is InChI=1S/C18H26FN3O2/c1-15-2-3-17(19)12-16(15)13-20-4-6-22(7-5-20)18(23)14-21-8-10-24-11-9-21/h2-3,12H,4-11,13-14H2,1H3. The number of amides is 1. The van der Waals surface area contributed by atoms with Gasteiger partial charge < -0.3 is 9.64 Å². The van der Waals surface area contributed by atoms with Crippen LogP contribution in [0.3, 0.4) is 0 Å². The van der Waals surface area contributed by atoms with Crippen molar-refractivity contribution in [3.63, 3.8) is 0 Å². The highest BCUT2D eigenvalue weighted by Crippen LogP contribution is 2.14. The Bertz CT molecular complexity index is 567. The fraction of sp³-hybridized carbons (Fsp3) is 0.611. The molecule has 24 heavy (non-hydrogen) atoms. The Morgan fingerprint density at radius 3 is 2.50 bits per heavy atom. The molecule has 0 radical (unpaired) electrons. The van der Waals surface area contributed by atoms with Crippen LogP contribution in [-0.2, 0) is 16.1 Å². The molecule has 2 aliphatic heterocycles. The van der Waals surface area contributed by atoms with Crippen molar-refractivity contribution >= 4 is 5.91 Å². The summed E-state index contributed by atoms with van der Waals surface area (Å²) in [5.41, 5.74) is 2.14. The van der Waals surface area contributed by atoms with Crippen molar-refractivity contribution in [2.24, 2.45) is 0 Å². The summed E-state index contributed by atoms with van der Waals surface area (Å²) in [6.45, 7) is 9.53. The van der Waals surface area contributed by atoms with E-state index in [9.17, 15) is 9.18 Å². The zero-order chi connectivity index (χ0) is 16.9. The monoisotopic (exact) mass is 335 g/mol. The maximum atomic E-state index is 13.4. The van der Waals surface area contributed by atoms with Crippen molar-refractivity contribution in [2.45, 2.75) is 13.5 Å². The van der Waals surface area contributed by atoms with Gasteiger partial charge in [0.25, 0.3) is 0 Å². The Morgan fingerprint density at radius 2 is 1.79 bits per heavy atom. The number of hydrogen-bond acceptors (Lipinski definition) is 4. The Kier molecular flexibility index (Phi) is 5.81. The molecule has 1 aromatic rings. The van der Waals surface area contributed by atoms with Gasteiger partial charge >= 0.3 is 0 Å². The van der Waals surface area contributed by atoms with Crippen molar-refractivity contribution < 1.29 is 13.9 Å². The molecule has 0 bridgehead atoms. The summed E-state index contributed by atoms with van der Waals surface area (Å²) >= 11 is 0. The van der Waals surface area contributed by atoms with Gasteiger partial charge in [-0.05, 0) is 30.2 Å². The number of carbonyl (C=O) groups excluding carboxylic acids is 1. The van der Waals surface area contributed by atoms with Crippen LogP contribution in [0, 0.1) is 12.7 Å². The van der Waals surface area contributed by atoms with Crippen LogP contribution in [0.25, 0.3) is 0 Å². The van der Waals surface area contributed by atoms with Gasteiger partial charge in [0, 0.05) is 45.8 Å². The average molecular weight is 335 g/mol. The van der Waals surface area contributed by atoms with E-state index >= 15 is 0 Å². The lowest BCUT2D eigenvalue weighted by atomic mass is 10.1. The zero-order valence-electron chi connectivity index (χ0n) is 14.3. The summed E-state index contributed by atoms with van der Waals surface area (Å²) in [7, 11) is 0. The third-order valence-electron chi connectivity index (χ3n) is 4.89. The molecule has 3 rings (SSSR count). The number of halogens is 1. The van der Waals surface area contributed by atoms with Crippen LogP contribution < -0.4 is 0 Å². The van der Waals surface area contributed by atoms with E-state index in [1.54, 1.807) is 6.07 Å². The highest BCUT2D eigenvalue weighted by atomic mass is 19.1. The van der Waals surface area contributed by atoms with E-state index in [4.69, 9.17) is 4.74 Å². The third kappa shape index (κ3) is 4.53. The number of piperazine rings is 1. The van der Waals surface area contributed by atoms with E-state index in [1.165, 1.54) is 6.07 Å². The largest absolute Gasteiger partial charge is 0.379 e. The first-order valence-corrected chi connectivity index (χ1v) is 8.67. The molecule has 6 heteroatoms. The van der Waals surface area contributed by atoms with Crippen molar-refractivity contribution in [2.75, 3.05) is 59.0 Å². The van der Waals surface area contributed by atoms with Crippen molar-refractivity contribution in [3.8, 4) is 0 Å². The third-order valence-corrected chi connectivity index (χ3v) is 4.89. The molecule has 0 aromatic heterocycles. The first-order chi connectivity index (χ1) is 11.6. The SMILES string of the molecule is Cc1ccc(F)cc1CN1CCN(C(=O)CN2CCOCC2)CC1. The zero-order valence-corrected chi connectivity index (χ0v) is 14.3. The second-order valence-electron chi connectivity index (χ2n) is 6.62. The molecule has 0 unspecified atom stereocenters. The second kappa shape index (κ2) is 8.05. The van der Waals surface area contributed by atoms with Crippen LogP contribution in [0.2, 0.25) is 0 Å². The van der Waals surface area contributed by atoms with E-state index in [-0.39, 0.29) is 11.7 Å². The molecule has 2 aliphatic rings. The minimum Gasteiger partial charge on any atom is -0.379 e. The molecular formula is C18H26FN3O2. The topological polar surface area (TPSA) is 36.0 Å². The maximum absolute atomic E-state index is 13.4. The lowest BCUT2D eigenvalue weighted by Crippen LogP contribution is -2.52. The Hall–Kier alpha value is -1.50. The minimum atomic E-state index is -0.185. The van der Waals surface area contributed by atoms with Crippen LogP contribution in [-0.4, -0.2) is 79.6 Å². The summed E-state index contributed by atoms with van der Waals surface area (Å²) < 4.78 is 18.7. The molecular weight excluding hydrogens is 309 g/mol. The van der Waals surface area contributed by atoms with Gasteiger partial charge in [0.1, 0.15) is 5.82 Å². The Labute approximate surface area is 143 Å². The molecule has 132 valence electrons. The normalized spacial score (nSPS) is 20.3. The number of rotatable bonds is 4. The first kappa shape index (κ1) is 17.3. The van der Waals surface area contributed by atoms with E-state index in [0.29, 0.717) is 19.8 Å². The van der Waals surface area contributed by atoms with Crippen LogP contribution in [0.5, 0.6) is 0 Å². The van der Waals surface area contributed by atoms with Crippen LogP contribution in [0.1, 0.15) is 11.1 Å². The van der Waals surface area contributed by atoms with Gasteiger partial charge in [-0.25, -0.2) is 4.39 Å². The van der Waals surface area contributed by atoms with Crippen LogP contribution in [0.4, 0.5) is 4.39 Å². The average Bonchev–Trinajstić information content (AvgIpc) is 2.60. The van der Waals surface area contributed by atoms with Gasteiger partial charge in [0.05, 0.1) is 19.8 Å². The number of carbonyl (C=O) groups is 1. The van der Waals surface area contributed by atoms with Crippen molar-refractivity contribution in [1.82, 2.24) is 14.7 Å². The van der Waals surface area contributed by atoms with Gasteiger partial charge in [-0.3, -0.25) is 14.6 Å². The van der Waals surface area contributed by atoms with Crippen molar-refractivity contribution in [1.29, 1.82) is 0 Å². The molecule has 0 spiro atoms. The van der Waals surface area contributed by atoms with E-state index in [1.807, 2.05) is 17.9 Å². The summed E-state index contributed by atoms with van der Waals surface area (Å²) in [5.74, 6) is 0.0217. The number of aryl methyl sites for hydroxylation is 1. The second-order valence-corrected chi connectivity index (χ2v) is 6.62. The number of benzene rings is 1. The molecule has 1 amide bonds. The molecule has 0 atom stereocenters. The van der Waals surface area contributed by atoms with Crippen LogP contribution in [0.15, 0.2) is 18.2 Å². The lowest BCUT2D eigenvalue weighted by molar-refractivity contribution is -0.135. The van der Waals surface area contributed by atoms with Gasteiger partial charge in [0.2, 0.25) is 5.91 Å². The fourth-order valence-corrected chi connectivity index (χ4v) is 3.26. The highest BCUT2D eigenvalue weighted by molar-refractivity contribution is 5.78. The molecule has 5 nitrogen and oxygen atoms in total. The minimum absolute atomic E-state index is 0.185. The molecule has 0 saturated carbocycles. The van der Waals surface area contributed by atoms with Gasteiger partial charge in [-0.2, -0.15) is 0 Å². The Balaban J connectivity index is 1.46. The molecule has 2 saturated heterocycles. The van der Waals surface area contributed by atoms with E-state index < -0.39 is 0 Å². The predicted octanol–water partition coefficient (Wildman–Crippen LogP) is 1.11. The molecule has 1 aromatic carbocycles. The number of morpholine rings is 1. The fourth-order valence-electron chi connectivity index (χ4n) is 3.26. The lowest BCUT2D eigenvalue weighted by Gasteiger charge is -2.36. The quantitative estimate of drug-likeness (QED) is 0.826. The smallest absolute Gasteiger partial charge is 0.236 e. The Morgan fingerprint density at radius 1 is 1.08 bits per heavy atom. The van der Waals surface area contributed by atoms with Gasteiger partial charge in [0.15, 0.2) is 0 Å². The van der Waals surface area contributed by atoms with Gasteiger partial charge in [-0.15, -0.1) is 0 Å². The first-order valence-electron chi connectivity index (χ1n) is 8.67. The highest BCUT2D eigenvalue weighted by Gasteiger charge is 2.23.